The van der Waals surface area contributed by atoms with Crippen LogP contribution in [0.3, 0.4) is 0 Å². The number of amides is 1. The first-order valence-corrected chi connectivity index (χ1v) is 7.45. The minimum absolute atomic E-state index is 0.0365. The number of carboxylic acid groups (broad SMARTS) is 1. The number of carbonyl (C=O) groups excluding carboxylic acids is 1. The van der Waals surface area contributed by atoms with Gasteiger partial charge in [0, 0.05) is 19.4 Å². The van der Waals surface area contributed by atoms with Crippen molar-refractivity contribution in [3.63, 3.8) is 0 Å². The van der Waals surface area contributed by atoms with Crippen LogP contribution >= 0.6 is 0 Å². The summed E-state index contributed by atoms with van der Waals surface area (Å²) >= 11 is 0. The second kappa shape index (κ2) is 5.85. The molecule has 2 aliphatic heterocycles. The van der Waals surface area contributed by atoms with Gasteiger partial charge in [-0.3, -0.25) is 4.79 Å². The molecular formula is C16H20N2O3. The lowest BCUT2D eigenvalue weighted by molar-refractivity contribution is -0.151. The van der Waals surface area contributed by atoms with Crippen LogP contribution in [0, 0.1) is 5.92 Å². The van der Waals surface area contributed by atoms with E-state index >= 15 is 0 Å². The van der Waals surface area contributed by atoms with Gasteiger partial charge in [0.25, 0.3) is 0 Å². The average Bonchev–Trinajstić information content (AvgIpc) is 2.98. The summed E-state index contributed by atoms with van der Waals surface area (Å²) in [6, 6.07) is 7.04. The van der Waals surface area contributed by atoms with Crippen LogP contribution in [-0.2, 0) is 22.6 Å². The van der Waals surface area contributed by atoms with Crippen LogP contribution in [0.25, 0.3) is 0 Å². The molecule has 0 bridgehead atoms. The Morgan fingerprint density at radius 1 is 1.29 bits per heavy atom. The average molecular weight is 288 g/mol. The molecule has 2 aliphatic rings. The Morgan fingerprint density at radius 3 is 2.71 bits per heavy atom. The molecule has 2 N–H and O–H groups in total. The maximum Gasteiger partial charge on any atom is 0.326 e. The van der Waals surface area contributed by atoms with E-state index in [0.29, 0.717) is 25.3 Å². The van der Waals surface area contributed by atoms with Gasteiger partial charge in [0.05, 0.1) is 0 Å². The van der Waals surface area contributed by atoms with Crippen molar-refractivity contribution in [2.24, 2.45) is 5.92 Å². The number of nitrogens with zero attached hydrogens (tertiary/aromatic N) is 1. The van der Waals surface area contributed by atoms with E-state index in [1.165, 1.54) is 0 Å². The van der Waals surface area contributed by atoms with E-state index in [1.807, 2.05) is 24.3 Å². The van der Waals surface area contributed by atoms with E-state index in [4.69, 9.17) is 0 Å². The first-order chi connectivity index (χ1) is 10.1. The number of aliphatic carboxylic acids is 1. The molecule has 5 heteroatoms. The first kappa shape index (κ1) is 14.1. The zero-order valence-electron chi connectivity index (χ0n) is 11.9. The number of rotatable bonds is 3. The van der Waals surface area contributed by atoms with E-state index in [2.05, 4.69) is 5.32 Å². The molecule has 0 spiro atoms. The quantitative estimate of drug-likeness (QED) is 0.871. The predicted octanol–water partition coefficient (Wildman–Crippen LogP) is 1.02. The number of carboxylic acids is 1. The summed E-state index contributed by atoms with van der Waals surface area (Å²) < 4.78 is 0. The fraction of sp³-hybridized carbons (Fsp3) is 0.500. The SMILES string of the molecule is O=C(O)[C@@H]1Cc2ccccc2CN1C(=O)CC1CCNC1. The van der Waals surface area contributed by atoms with Crippen molar-refractivity contribution in [1.29, 1.82) is 0 Å². The largest absolute Gasteiger partial charge is 0.480 e. The smallest absolute Gasteiger partial charge is 0.326 e. The predicted molar refractivity (Wildman–Crippen MR) is 77.7 cm³/mol. The van der Waals surface area contributed by atoms with Crippen molar-refractivity contribution < 1.29 is 14.7 Å². The van der Waals surface area contributed by atoms with Gasteiger partial charge in [0.1, 0.15) is 6.04 Å². The van der Waals surface area contributed by atoms with E-state index in [-0.39, 0.29) is 5.91 Å². The van der Waals surface area contributed by atoms with Crippen LogP contribution < -0.4 is 5.32 Å². The molecule has 1 fully saturated rings. The van der Waals surface area contributed by atoms with Crippen molar-refractivity contribution in [2.45, 2.75) is 31.8 Å². The summed E-state index contributed by atoms with van der Waals surface area (Å²) in [6.07, 6.45) is 1.84. The van der Waals surface area contributed by atoms with Gasteiger partial charge in [0.15, 0.2) is 0 Å². The molecule has 112 valence electrons. The van der Waals surface area contributed by atoms with E-state index in [9.17, 15) is 14.7 Å². The monoisotopic (exact) mass is 288 g/mol. The van der Waals surface area contributed by atoms with Crippen LogP contribution in [0.2, 0.25) is 0 Å². The molecule has 2 atom stereocenters. The Kier molecular flexibility index (Phi) is 3.92. The van der Waals surface area contributed by atoms with Crippen molar-refractivity contribution >= 4 is 11.9 Å². The normalized spacial score (nSPS) is 24.7. The second-order valence-corrected chi connectivity index (χ2v) is 5.91. The first-order valence-electron chi connectivity index (χ1n) is 7.45. The van der Waals surface area contributed by atoms with E-state index in [1.54, 1.807) is 4.90 Å². The third kappa shape index (κ3) is 2.93. The summed E-state index contributed by atoms with van der Waals surface area (Å²) in [5.41, 5.74) is 2.10. The van der Waals surface area contributed by atoms with E-state index < -0.39 is 12.0 Å². The number of hydrogen-bond acceptors (Lipinski definition) is 3. The van der Waals surface area contributed by atoms with Crippen LogP contribution in [0.5, 0.6) is 0 Å². The fourth-order valence-electron chi connectivity index (χ4n) is 3.26. The molecule has 0 radical (unpaired) electrons. The molecule has 1 aromatic rings. The summed E-state index contributed by atoms with van der Waals surface area (Å²) in [6.45, 7) is 2.21. The molecule has 5 nitrogen and oxygen atoms in total. The Bertz CT molecular complexity index is 552. The van der Waals surface area contributed by atoms with Gasteiger partial charge in [0.2, 0.25) is 5.91 Å². The van der Waals surface area contributed by atoms with Crippen LogP contribution in [0.1, 0.15) is 24.0 Å². The third-order valence-corrected chi connectivity index (χ3v) is 4.48. The fourth-order valence-corrected chi connectivity index (χ4v) is 3.26. The Hall–Kier alpha value is -1.88. The van der Waals surface area contributed by atoms with Gasteiger partial charge >= 0.3 is 5.97 Å². The van der Waals surface area contributed by atoms with Gasteiger partial charge in [-0.2, -0.15) is 0 Å². The minimum Gasteiger partial charge on any atom is -0.480 e. The van der Waals surface area contributed by atoms with Gasteiger partial charge < -0.3 is 15.3 Å². The summed E-state index contributed by atoms with van der Waals surface area (Å²) in [7, 11) is 0. The summed E-state index contributed by atoms with van der Waals surface area (Å²) in [5.74, 6) is -0.614. The Labute approximate surface area is 123 Å². The highest BCUT2D eigenvalue weighted by molar-refractivity contribution is 5.84. The molecular weight excluding hydrogens is 268 g/mol. The molecule has 1 aromatic carbocycles. The molecule has 0 saturated carbocycles. The molecule has 1 unspecified atom stereocenters. The highest BCUT2D eigenvalue weighted by Gasteiger charge is 2.35. The van der Waals surface area contributed by atoms with Gasteiger partial charge in [-0.15, -0.1) is 0 Å². The highest BCUT2D eigenvalue weighted by Crippen LogP contribution is 2.25. The second-order valence-electron chi connectivity index (χ2n) is 5.91. The summed E-state index contributed by atoms with van der Waals surface area (Å²) in [5, 5.41) is 12.7. The van der Waals surface area contributed by atoms with Gasteiger partial charge in [-0.05, 0) is 36.6 Å². The van der Waals surface area contributed by atoms with Gasteiger partial charge in [-0.25, -0.2) is 4.79 Å². The van der Waals surface area contributed by atoms with Crippen molar-refractivity contribution in [3.05, 3.63) is 35.4 Å². The number of carbonyl (C=O) groups is 2. The zero-order chi connectivity index (χ0) is 14.8. The Morgan fingerprint density at radius 2 is 2.05 bits per heavy atom. The number of hydrogen-bond donors (Lipinski definition) is 2. The van der Waals surface area contributed by atoms with Crippen LogP contribution in [0.4, 0.5) is 0 Å². The molecule has 3 rings (SSSR count). The highest BCUT2D eigenvalue weighted by atomic mass is 16.4. The lowest BCUT2D eigenvalue weighted by atomic mass is 9.93. The molecule has 2 heterocycles. The van der Waals surface area contributed by atoms with Crippen LogP contribution in [0.15, 0.2) is 24.3 Å². The number of nitrogens with one attached hydrogen (secondary N) is 1. The standard InChI is InChI=1S/C16H20N2O3/c19-15(7-11-5-6-17-9-11)18-10-13-4-2-1-3-12(13)8-14(18)16(20)21/h1-4,11,14,17H,5-10H2,(H,20,21)/t11?,14-/m0/s1. The Balaban J connectivity index is 1.78. The number of benzene rings is 1. The van der Waals surface area contributed by atoms with Crippen molar-refractivity contribution in [3.8, 4) is 0 Å². The van der Waals surface area contributed by atoms with Crippen molar-refractivity contribution in [1.82, 2.24) is 10.2 Å². The molecule has 0 aromatic heterocycles. The molecule has 1 amide bonds. The zero-order valence-corrected chi connectivity index (χ0v) is 11.9. The maximum absolute atomic E-state index is 12.5. The van der Waals surface area contributed by atoms with Crippen molar-refractivity contribution in [2.75, 3.05) is 13.1 Å². The lowest BCUT2D eigenvalue weighted by Gasteiger charge is -2.35. The third-order valence-electron chi connectivity index (χ3n) is 4.48. The van der Waals surface area contributed by atoms with E-state index in [0.717, 1.165) is 30.6 Å². The summed E-state index contributed by atoms with van der Waals surface area (Å²) in [4.78, 5) is 25.6. The lowest BCUT2D eigenvalue weighted by Crippen LogP contribution is -2.49. The van der Waals surface area contributed by atoms with Gasteiger partial charge in [-0.1, -0.05) is 24.3 Å². The van der Waals surface area contributed by atoms with Crippen LogP contribution in [-0.4, -0.2) is 41.0 Å². The molecule has 21 heavy (non-hydrogen) atoms. The molecule has 0 aliphatic carbocycles. The minimum atomic E-state index is -0.914. The maximum atomic E-state index is 12.5. The number of fused-ring (bicyclic) bond motifs is 1. The topological polar surface area (TPSA) is 69.6 Å². The molecule has 1 saturated heterocycles.